The average Bonchev–Trinajstić information content (AvgIpc) is 3.65. The van der Waals surface area contributed by atoms with Crippen molar-refractivity contribution in [3.8, 4) is 11.8 Å². The van der Waals surface area contributed by atoms with Gasteiger partial charge in [0.15, 0.2) is 0 Å². The van der Waals surface area contributed by atoms with Crippen LogP contribution in [0.25, 0.3) is 0 Å². The minimum absolute atomic E-state index is 0.0745. The number of halogens is 1. The Bertz CT molecular complexity index is 2180. The summed E-state index contributed by atoms with van der Waals surface area (Å²) in [6.45, 7) is 5.70. The number of hydrogen-bond acceptors (Lipinski definition) is 10. The molecule has 3 unspecified atom stereocenters. The van der Waals surface area contributed by atoms with Gasteiger partial charge in [-0.25, -0.2) is 0 Å². The molecule has 0 aromatic heterocycles. The fraction of sp³-hybridized carbons (Fsp3) is 0.455. The van der Waals surface area contributed by atoms with Crippen molar-refractivity contribution in [1.82, 2.24) is 20.0 Å². The standard InChI is InChI=1S/C44H46ClN7O6/c45-38-24-34(9-3-29(38)25-46)58-35-21-32-6-7-33(22-35)51(32)30-4-1-28(2-5-30)42(55)50-19-17-48(18-20-50)26-27-13-15-49(16-14-27)31-8-10-36-37(23-31)44(57)52(43(36)56)39-11-12-40(53)47-41(39)54/h1-5,8-10,23-24,27,32-33,35,39H,6-7,11-22,26H2,(H,47,53,54). The maximum absolute atomic E-state index is 13.6. The van der Waals surface area contributed by atoms with Gasteiger partial charge in [-0.3, -0.25) is 39.1 Å². The smallest absolute Gasteiger partial charge is 0.262 e. The molecule has 5 saturated heterocycles. The first kappa shape index (κ1) is 38.1. The summed E-state index contributed by atoms with van der Waals surface area (Å²) in [5.74, 6) is -0.685. The predicted molar refractivity (Wildman–Crippen MR) is 216 cm³/mol. The number of nitrogens with one attached hydrogen (secondary N) is 1. The molecule has 0 aliphatic carbocycles. The Hall–Kier alpha value is -5.45. The van der Waals surface area contributed by atoms with Crippen LogP contribution >= 0.6 is 11.6 Å². The molecule has 13 nitrogen and oxygen atoms in total. The molecular weight excluding hydrogens is 758 g/mol. The summed E-state index contributed by atoms with van der Waals surface area (Å²) in [4.78, 5) is 74.3. The van der Waals surface area contributed by atoms with Crippen LogP contribution in [0.4, 0.5) is 11.4 Å². The van der Waals surface area contributed by atoms with E-state index in [4.69, 9.17) is 16.3 Å². The Labute approximate surface area is 342 Å². The first-order chi connectivity index (χ1) is 28.1. The van der Waals surface area contributed by atoms with Gasteiger partial charge in [0.05, 0.1) is 21.7 Å². The van der Waals surface area contributed by atoms with Crippen LogP contribution in [0.1, 0.15) is 88.0 Å². The number of hydrogen-bond donors (Lipinski definition) is 1. The third kappa shape index (κ3) is 7.28. The monoisotopic (exact) mass is 803 g/mol. The molecule has 3 aromatic rings. The molecule has 0 saturated carbocycles. The van der Waals surface area contributed by atoms with E-state index in [0.29, 0.717) is 64.1 Å². The largest absolute Gasteiger partial charge is 0.490 e. The Morgan fingerprint density at radius 1 is 0.793 bits per heavy atom. The summed E-state index contributed by atoms with van der Waals surface area (Å²) in [5, 5.41) is 11.8. The summed E-state index contributed by atoms with van der Waals surface area (Å²) in [7, 11) is 0. The fourth-order valence-corrected chi connectivity index (χ4v) is 10.2. The number of rotatable bonds is 8. The molecule has 0 spiro atoms. The third-order valence-electron chi connectivity index (χ3n) is 13.0. The molecule has 3 atom stereocenters. The van der Waals surface area contributed by atoms with E-state index in [0.717, 1.165) is 87.5 Å². The number of ether oxygens (including phenoxy) is 1. The number of imide groups is 2. The van der Waals surface area contributed by atoms with Gasteiger partial charge >= 0.3 is 0 Å². The maximum Gasteiger partial charge on any atom is 0.262 e. The first-order valence-corrected chi connectivity index (χ1v) is 20.9. The number of nitriles is 1. The van der Waals surface area contributed by atoms with Gasteiger partial charge in [-0.05, 0) is 92.6 Å². The molecule has 2 bridgehead atoms. The van der Waals surface area contributed by atoms with Crippen LogP contribution in [0.3, 0.4) is 0 Å². The number of carbonyl (C=O) groups excluding carboxylic acids is 5. The average molecular weight is 804 g/mol. The van der Waals surface area contributed by atoms with Gasteiger partial charge < -0.3 is 19.4 Å². The van der Waals surface area contributed by atoms with Crippen molar-refractivity contribution in [2.24, 2.45) is 5.92 Å². The Morgan fingerprint density at radius 3 is 2.16 bits per heavy atom. The van der Waals surface area contributed by atoms with E-state index in [2.05, 4.69) is 38.2 Å². The number of carbonyl (C=O) groups is 5. The van der Waals surface area contributed by atoms with Crippen molar-refractivity contribution in [2.75, 3.05) is 55.6 Å². The van der Waals surface area contributed by atoms with Gasteiger partial charge in [0, 0.05) is 100 Å². The normalized spacial score (nSPS) is 25.2. The van der Waals surface area contributed by atoms with Crippen LogP contribution < -0.4 is 19.9 Å². The van der Waals surface area contributed by atoms with Gasteiger partial charge in [0.25, 0.3) is 17.7 Å². The zero-order chi connectivity index (χ0) is 40.1. The van der Waals surface area contributed by atoms with Crippen LogP contribution in [-0.2, 0) is 9.59 Å². The number of benzene rings is 3. The lowest BCUT2D eigenvalue weighted by atomic mass is 9.95. The maximum atomic E-state index is 13.6. The van der Waals surface area contributed by atoms with Gasteiger partial charge in [-0.15, -0.1) is 0 Å². The summed E-state index contributed by atoms with van der Waals surface area (Å²) < 4.78 is 6.32. The van der Waals surface area contributed by atoms with Crippen molar-refractivity contribution < 1.29 is 28.7 Å². The summed E-state index contributed by atoms with van der Waals surface area (Å²) in [5.41, 5.74) is 3.79. The predicted octanol–water partition coefficient (Wildman–Crippen LogP) is 4.87. The molecule has 1 N–H and O–H groups in total. The van der Waals surface area contributed by atoms with E-state index in [1.54, 1.807) is 24.3 Å². The Morgan fingerprint density at radius 2 is 1.48 bits per heavy atom. The number of nitrogens with zero attached hydrogens (tertiary/aromatic N) is 6. The molecule has 5 fully saturated rings. The molecule has 3 aromatic carbocycles. The molecule has 58 heavy (non-hydrogen) atoms. The van der Waals surface area contributed by atoms with E-state index >= 15 is 0 Å². The topological polar surface area (TPSA) is 147 Å². The highest BCUT2D eigenvalue weighted by atomic mass is 35.5. The van der Waals surface area contributed by atoms with Gasteiger partial charge in [-0.1, -0.05) is 11.6 Å². The number of amides is 5. The molecule has 6 heterocycles. The molecule has 0 radical (unpaired) electrons. The second-order valence-electron chi connectivity index (χ2n) is 16.5. The van der Waals surface area contributed by atoms with E-state index in [-0.39, 0.29) is 24.9 Å². The van der Waals surface area contributed by atoms with Crippen LogP contribution in [0.5, 0.6) is 5.75 Å². The van der Waals surface area contributed by atoms with Crippen molar-refractivity contribution >= 4 is 52.5 Å². The first-order valence-electron chi connectivity index (χ1n) is 20.5. The highest BCUT2D eigenvalue weighted by Crippen LogP contribution is 2.41. The van der Waals surface area contributed by atoms with Gasteiger partial charge in [-0.2, -0.15) is 5.26 Å². The Balaban J connectivity index is 0.729. The van der Waals surface area contributed by atoms with Crippen molar-refractivity contribution in [1.29, 1.82) is 5.26 Å². The zero-order valence-electron chi connectivity index (χ0n) is 32.3. The van der Waals surface area contributed by atoms with E-state index in [1.165, 1.54) is 0 Å². The van der Waals surface area contributed by atoms with Crippen LogP contribution in [-0.4, -0.2) is 114 Å². The molecular formula is C44H46ClN7O6. The lowest BCUT2D eigenvalue weighted by Gasteiger charge is -2.40. The number of piperazine rings is 1. The van der Waals surface area contributed by atoms with Gasteiger partial charge in [0.1, 0.15) is 24.0 Å². The number of piperidine rings is 3. The molecule has 14 heteroatoms. The van der Waals surface area contributed by atoms with Crippen molar-refractivity contribution in [3.63, 3.8) is 0 Å². The lowest BCUT2D eigenvalue weighted by Crippen LogP contribution is -2.54. The lowest BCUT2D eigenvalue weighted by molar-refractivity contribution is -0.136. The van der Waals surface area contributed by atoms with Gasteiger partial charge in [0.2, 0.25) is 11.8 Å². The summed E-state index contributed by atoms with van der Waals surface area (Å²) in [6, 6.07) is 20.6. The molecule has 6 aliphatic heterocycles. The van der Waals surface area contributed by atoms with Crippen LogP contribution in [0.15, 0.2) is 60.7 Å². The van der Waals surface area contributed by atoms with Crippen LogP contribution in [0.2, 0.25) is 5.02 Å². The quantitative estimate of drug-likeness (QED) is 0.313. The highest BCUT2D eigenvalue weighted by molar-refractivity contribution is 6.31. The molecule has 300 valence electrons. The van der Waals surface area contributed by atoms with Crippen molar-refractivity contribution in [3.05, 3.63) is 87.9 Å². The second kappa shape index (κ2) is 15.7. The minimum Gasteiger partial charge on any atom is -0.490 e. The summed E-state index contributed by atoms with van der Waals surface area (Å²) >= 11 is 6.24. The fourth-order valence-electron chi connectivity index (χ4n) is 9.98. The molecule has 9 rings (SSSR count). The molecule has 5 amide bonds. The highest BCUT2D eigenvalue weighted by Gasteiger charge is 2.45. The van der Waals surface area contributed by atoms with Crippen molar-refractivity contribution in [2.45, 2.75) is 75.6 Å². The number of fused-ring (bicyclic) bond motifs is 3. The number of anilines is 2. The third-order valence-corrected chi connectivity index (χ3v) is 13.4. The Kier molecular flexibility index (Phi) is 10.3. The molecule has 6 aliphatic rings. The minimum atomic E-state index is -0.975. The van der Waals surface area contributed by atoms with E-state index < -0.39 is 29.7 Å². The second-order valence-corrected chi connectivity index (χ2v) is 16.9. The SMILES string of the molecule is N#Cc1ccc(OC2CC3CCC(C2)N3c2ccc(C(=O)N3CCN(CC4CCN(c5ccc6c(c5)C(=O)N(C5CCC(=O)NC5=O)C6=O)CC4)CC3)cc2)cc1Cl. The summed E-state index contributed by atoms with van der Waals surface area (Å²) in [6.07, 6.45) is 6.34. The van der Waals surface area contributed by atoms with Crippen LogP contribution in [0, 0.1) is 17.2 Å². The van der Waals surface area contributed by atoms with E-state index in [1.807, 2.05) is 29.2 Å². The zero-order valence-corrected chi connectivity index (χ0v) is 33.0. The van der Waals surface area contributed by atoms with E-state index in [9.17, 15) is 29.2 Å².